The number of fused-ring (bicyclic) bond motifs is 1. The second kappa shape index (κ2) is 4.86. The first kappa shape index (κ1) is 13.1. The molecule has 0 unspecified atom stereocenters. The van der Waals surface area contributed by atoms with Crippen molar-refractivity contribution in [3.05, 3.63) is 52.0 Å². The molecule has 0 aliphatic rings. The fraction of sp³-hybridized carbons (Fsp3) is 0.143. The molecule has 0 radical (unpaired) electrons. The Labute approximate surface area is 123 Å². The monoisotopic (exact) mass is 334 g/mol. The summed E-state index contributed by atoms with van der Waals surface area (Å²) in [7, 11) is 0. The third kappa shape index (κ3) is 2.16. The summed E-state index contributed by atoms with van der Waals surface area (Å²) < 4.78 is 15.9. The largest absolute Gasteiger partial charge is 0.369 e. The Hall–Kier alpha value is -1.95. The Kier molecular flexibility index (Phi) is 3.17. The van der Waals surface area contributed by atoms with E-state index in [1.165, 1.54) is 6.07 Å². The van der Waals surface area contributed by atoms with Gasteiger partial charge in [-0.05, 0) is 40.5 Å². The number of nitrogens with zero attached hydrogens (tertiary/aromatic N) is 3. The molecule has 6 heteroatoms. The maximum atomic E-state index is 13.7. The smallest absolute Gasteiger partial charge is 0.201 e. The minimum atomic E-state index is -0.337. The average molecular weight is 335 g/mol. The standard InChI is InChI=1S/C14H12BrFN4/c1-8-3-2-4-18-12(8)7-20-13-6-10(16)9(15)5-11(13)19-14(20)17/h2-6H,7H2,1H3,(H2,17,19). The van der Waals surface area contributed by atoms with E-state index in [1.54, 1.807) is 16.8 Å². The highest BCUT2D eigenvalue weighted by molar-refractivity contribution is 9.10. The number of halogens is 2. The van der Waals surface area contributed by atoms with Gasteiger partial charge in [0, 0.05) is 12.3 Å². The summed E-state index contributed by atoms with van der Waals surface area (Å²) in [4.78, 5) is 8.59. The molecule has 2 aromatic heterocycles. The second-order valence-electron chi connectivity index (χ2n) is 4.58. The van der Waals surface area contributed by atoms with Gasteiger partial charge in [0.15, 0.2) is 0 Å². The summed E-state index contributed by atoms with van der Waals surface area (Å²) in [6, 6.07) is 6.92. The molecule has 0 atom stereocenters. The number of hydrogen-bond acceptors (Lipinski definition) is 3. The first-order chi connectivity index (χ1) is 9.56. The summed E-state index contributed by atoms with van der Waals surface area (Å²) in [6.07, 6.45) is 1.73. The lowest BCUT2D eigenvalue weighted by molar-refractivity contribution is 0.622. The van der Waals surface area contributed by atoms with Crippen molar-refractivity contribution in [2.24, 2.45) is 0 Å². The van der Waals surface area contributed by atoms with E-state index < -0.39 is 0 Å². The van der Waals surface area contributed by atoms with Crippen LogP contribution in [0, 0.1) is 12.7 Å². The van der Waals surface area contributed by atoms with Crippen LogP contribution < -0.4 is 5.73 Å². The first-order valence-electron chi connectivity index (χ1n) is 6.07. The van der Waals surface area contributed by atoms with E-state index in [0.29, 0.717) is 28.0 Å². The van der Waals surface area contributed by atoms with Gasteiger partial charge < -0.3 is 10.3 Å². The van der Waals surface area contributed by atoms with Gasteiger partial charge in [-0.25, -0.2) is 9.37 Å². The molecule has 3 rings (SSSR count). The van der Waals surface area contributed by atoms with E-state index in [-0.39, 0.29) is 5.82 Å². The van der Waals surface area contributed by atoms with Gasteiger partial charge in [-0.2, -0.15) is 0 Å². The molecule has 0 fully saturated rings. The van der Waals surface area contributed by atoms with Crippen LogP contribution in [0.3, 0.4) is 0 Å². The van der Waals surface area contributed by atoms with Crippen LogP contribution in [0.4, 0.5) is 10.3 Å². The second-order valence-corrected chi connectivity index (χ2v) is 5.43. The zero-order chi connectivity index (χ0) is 14.3. The Balaban J connectivity index is 2.14. The van der Waals surface area contributed by atoms with Crippen molar-refractivity contribution >= 4 is 32.9 Å². The first-order valence-corrected chi connectivity index (χ1v) is 6.87. The average Bonchev–Trinajstić information content (AvgIpc) is 2.69. The number of pyridine rings is 1. The minimum Gasteiger partial charge on any atom is -0.369 e. The van der Waals surface area contributed by atoms with Gasteiger partial charge in [0.05, 0.1) is 27.7 Å². The molecule has 0 saturated carbocycles. The molecular formula is C14H12BrFN4. The topological polar surface area (TPSA) is 56.7 Å². The highest BCUT2D eigenvalue weighted by Gasteiger charge is 2.13. The Morgan fingerprint density at radius 2 is 2.20 bits per heavy atom. The Morgan fingerprint density at radius 1 is 1.40 bits per heavy atom. The molecule has 0 bridgehead atoms. The summed E-state index contributed by atoms with van der Waals surface area (Å²) in [5.41, 5.74) is 9.21. The molecule has 2 heterocycles. The quantitative estimate of drug-likeness (QED) is 0.782. The van der Waals surface area contributed by atoms with E-state index in [2.05, 4.69) is 25.9 Å². The van der Waals surface area contributed by atoms with Crippen LogP contribution in [-0.4, -0.2) is 14.5 Å². The molecule has 1 aromatic carbocycles. The molecule has 0 aliphatic heterocycles. The van der Waals surface area contributed by atoms with Crippen molar-refractivity contribution in [2.75, 3.05) is 5.73 Å². The molecule has 0 aliphatic carbocycles. The summed E-state index contributed by atoms with van der Waals surface area (Å²) >= 11 is 3.15. The van der Waals surface area contributed by atoms with Crippen LogP contribution in [0.15, 0.2) is 34.9 Å². The summed E-state index contributed by atoms with van der Waals surface area (Å²) in [5.74, 6) is 0.0129. The molecule has 2 N–H and O–H groups in total. The van der Waals surface area contributed by atoms with Gasteiger partial charge in [0.2, 0.25) is 5.95 Å². The van der Waals surface area contributed by atoms with Gasteiger partial charge in [0.25, 0.3) is 0 Å². The minimum absolute atomic E-state index is 0.337. The predicted octanol–water partition coefficient (Wildman–Crippen LogP) is 3.27. The van der Waals surface area contributed by atoms with E-state index in [4.69, 9.17) is 5.73 Å². The normalized spacial score (nSPS) is 11.2. The van der Waals surface area contributed by atoms with E-state index in [1.807, 2.05) is 19.1 Å². The number of hydrogen-bond donors (Lipinski definition) is 1. The van der Waals surface area contributed by atoms with Crippen LogP contribution in [0.25, 0.3) is 11.0 Å². The zero-order valence-electron chi connectivity index (χ0n) is 10.8. The number of anilines is 1. The number of benzene rings is 1. The summed E-state index contributed by atoms with van der Waals surface area (Å²) in [5, 5.41) is 0. The van der Waals surface area contributed by atoms with E-state index in [9.17, 15) is 4.39 Å². The van der Waals surface area contributed by atoms with E-state index >= 15 is 0 Å². The van der Waals surface area contributed by atoms with Crippen molar-refractivity contribution < 1.29 is 4.39 Å². The SMILES string of the molecule is Cc1cccnc1Cn1c(N)nc2cc(Br)c(F)cc21. The third-order valence-electron chi connectivity index (χ3n) is 3.25. The van der Waals surface area contributed by atoms with Crippen molar-refractivity contribution in [1.82, 2.24) is 14.5 Å². The van der Waals surface area contributed by atoms with Crippen LogP contribution >= 0.6 is 15.9 Å². The molecule has 4 nitrogen and oxygen atoms in total. The molecule has 0 amide bonds. The lowest BCUT2D eigenvalue weighted by Gasteiger charge is -2.08. The van der Waals surface area contributed by atoms with Gasteiger partial charge in [-0.15, -0.1) is 0 Å². The molecule has 0 spiro atoms. The van der Waals surface area contributed by atoms with E-state index in [0.717, 1.165) is 11.3 Å². The Morgan fingerprint density at radius 3 is 2.95 bits per heavy atom. The lowest BCUT2D eigenvalue weighted by atomic mass is 10.2. The number of aryl methyl sites for hydroxylation is 1. The molecule has 20 heavy (non-hydrogen) atoms. The van der Waals surface area contributed by atoms with Gasteiger partial charge in [-0.3, -0.25) is 4.98 Å². The maximum Gasteiger partial charge on any atom is 0.201 e. The number of imidazole rings is 1. The summed E-state index contributed by atoms with van der Waals surface area (Å²) in [6.45, 7) is 2.45. The molecular weight excluding hydrogens is 323 g/mol. The zero-order valence-corrected chi connectivity index (χ0v) is 12.4. The number of nitrogen functional groups attached to an aromatic ring is 1. The van der Waals surface area contributed by atoms with Crippen molar-refractivity contribution in [2.45, 2.75) is 13.5 Å². The van der Waals surface area contributed by atoms with Gasteiger partial charge in [0.1, 0.15) is 5.82 Å². The fourth-order valence-electron chi connectivity index (χ4n) is 2.14. The highest BCUT2D eigenvalue weighted by atomic mass is 79.9. The lowest BCUT2D eigenvalue weighted by Crippen LogP contribution is -2.07. The number of aromatic nitrogens is 3. The van der Waals surface area contributed by atoms with Crippen molar-refractivity contribution in [1.29, 1.82) is 0 Å². The van der Waals surface area contributed by atoms with Gasteiger partial charge in [-0.1, -0.05) is 6.07 Å². The predicted molar refractivity (Wildman–Crippen MR) is 79.9 cm³/mol. The van der Waals surface area contributed by atoms with Crippen LogP contribution in [0.2, 0.25) is 0 Å². The molecule has 102 valence electrons. The van der Waals surface area contributed by atoms with Crippen molar-refractivity contribution in [3.63, 3.8) is 0 Å². The van der Waals surface area contributed by atoms with Crippen LogP contribution in [0.5, 0.6) is 0 Å². The fourth-order valence-corrected chi connectivity index (χ4v) is 2.47. The molecule has 0 saturated heterocycles. The third-order valence-corrected chi connectivity index (χ3v) is 3.85. The Bertz CT molecular complexity index is 797. The van der Waals surface area contributed by atoms with Crippen LogP contribution in [0.1, 0.15) is 11.3 Å². The van der Waals surface area contributed by atoms with Gasteiger partial charge >= 0.3 is 0 Å². The molecule has 3 aromatic rings. The van der Waals surface area contributed by atoms with Crippen molar-refractivity contribution in [3.8, 4) is 0 Å². The maximum absolute atomic E-state index is 13.7. The van der Waals surface area contributed by atoms with Crippen LogP contribution in [-0.2, 0) is 6.54 Å². The number of nitrogens with two attached hydrogens (primary N) is 1. The highest BCUT2D eigenvalue weighted by Crippen LogP contribution is 2.25. The number of rotatable bonds is 2.